The molecule has 1 N–H and O–H groups in total. The van der Waals surface area contributed by atoms with Crippen molar-refractivity contribution in [1.82, 2.24) is 10.2 Å². The van der Waals surface area contributed by atoms with E-state index in [0.29, 0.717) is 6.54 Å². The van der Waals surface area contributed by atoms with Crippen molar-refractivity contribution in [2.75, 3.05) is 20.7 Å². The van der Waals surface area contributed by atoms with Crippen LogP contribution in [0.15, 0.2) is 0 Å². The Labute approximate surface area is 53.8 Å². The van der Waals surface area contributed by atoms with Crippen LogP contribution in [0.5, 0.6) is 0 Å². The van der Waals surface area contributed by atoms with E-state index in [-0.39, 0.29) is 12.3 Å². The van der Waals surface area contributed by atoms with E-state index >= 15 is 0 Å². The van der Waals surface area contributed by atoms with Crippen molar-refractivity contribution in [3.05, 3.63) is 0 Å². The van der Waals surface area contributed by atoms with Crippen LogP contribution in [0.25, 0.3) is 0 Å². The first-order valence-corrected chi connectivity index (χ1v) is 2.78. The molecule has 1 atom stereocenters. The normalized spacial score (nSPS) is 26.7. The highest BCUT2D eigenvalue weighted by Crippen LogP contribution is 1.99. The first-order chi connectivity index (χ1) is 4.24. The van der Waals surface area contributed by atoms with Gasteiger partial charge in [-0.1, -0.05) is 0 Å². The molecule has 1 unspecified atom stereocenters. The number of methoxy groups -OCH3 is 1. The Hall–Kier alpha value is -0.770. The quantitative estimate of drug-likeness (QED) is 0.525. The number of likely N-dealkylation sites (N-methyl/N-ethyl adjacent to an activating group) is 1. The molecule has 1 rings (SSSR count). The van der Waals surface area contributed by atoms with Gasteiger partial charge in [-0.2, -0.15) is 0 Å². The smallest absolute Gasteiger partial charge is 0.319 e. The van der Waals surface area contributed by atoms with Crippen LogP contribution in [-0.2, 0) is 4.74 Å². The predicted molar refractivity (Wildman–Crippen MR) is 32.0 cm³/mol. The Morgan fingerprint density at radius 3 is 2.78 bits per heavy atom. The maximum Gasteiger partial charge on any atom is 0.319 e. The van der Waals surface area contributed by atoms with E-state index in [1.54, 1.807) is 19.1 Å². The summed E-state index contributed by atoms with van der Waals surface area (Å²) in [6, 6.07) is -0.0677. The summed E-state index contributed by atoms with van der Waals surface area (Å²) in [5.41, 5.74) is 0. The molecular formula is C5H10N2O2. The standard InChI is InChI=1S/C5H10N2O2/c1-7-3-4(9-2)6-5(7)8/h4H,3H2,1-2H3,(H,6,8). The van der Waals surface area contributed by atoms with Crippen LogP contribution >= 0.6 is 0 Å². The van der Waals surface area contributed by atoms with Gasteiger partial charge in [0.1, 0.15) is 6.23 Å². The Balaban J connectivity index is 2.44. The lowest BCUT2D eigenvalue weighted by molar-refractivity contribution is 0.0959. The molecule has 1 fully saturated rings. The highest BCUT2D eigenvalue weighted by molar-refractivity contribution is 5.76. The molecule has 0 saturated carbocycles. The van der Waals surface area contributed by atoms with E-state index in [2.05, 4.69) is 5.32 Å². The van der Waals surface area contributed by atoms with E-state index in [1.165, 1.54) is 0 Å². The highest BCUT2D eigenvalue weighted by Gasteiger charge is 2.24. The zero-order valence-electron chi connectivity index (χ0n) is 5.55. The van der Waals surface area contributed by atoms with Crippen molar-refractivity contribution in [1.29, 1.82) is 0 Å². The number of amides is 2. The fourth-order valence-electron chi connectivity index (χ4n) is 0.759. The third-order valence-electron chi connectivity index (χ3n) is 1.36. The number of urea groups is 1. The van der Waals surface area contributed by atoms with E-state index < -0.39 is 0 Å². The number of rotatable bonds is 1. The van der Waals surface area contributed by atoms with Gasteiger partial charge in [0.05, 0.1) is 6.54 Å². The Kier molecular flexibility index (Phi) is 1.57. The van der Waals surface area contributed by atoms with Crippen LogP contribution in [0.4, 0.5) is 4.79 Å². The fraction of sp³-hybridized carbons (Fsp3) is 0.800. The van der Waals surface area contributed by atoms with Crippen LogP contribution in [-0.4, -0.2) is 37.9 Å². The lowest BCUT2D eigenvalue weighted by Crippen LogP contribution is -2.28. The second-order valence-corrected chi connectivity index (χ2v) is 2.05. The molecule has 0 aromatic rings. The predicted octanol–water partition coefficient (Wildman–Crippen LogP) is -0.386. The number of hydrogen-bond donors (Lipinski definition) is 1. The van der Waals surface area contributed by atoms with E-state index in [9.17, 15) is 4.79 Å². The number of nitrogens with zero attached hydrogens (tertiary/aromatic N) is 1. The van der Waals surface area contributed by atoms with Crippen LogP contribution in [0.2, 0.25) is 0 Å². The monoisotopic (exact) mass is 130 g/mol. The molecule has 4 heteroatoms. The van der Waals surface area contributed by atoms with Gasteiger partial charge >= 0.3 is 6.03 Å². The molecule has 1 aliphatic rings. The summed E-state index contributed by atoms with van der Waals surface area (Å²) in [6.07, 6.45) is -0.123. The van der Waals surface area contributed by atoms with Gasteiger partial charge in [-0.25, -0.2) is 4.79 Å². The number of nitrogens with one attached hydrogen (secondary N) is 1. The SMILES string of the molecule is COC1CN(C)C(=O)N1. The van der Waals surface area contributed by atoms with Crippen LogP contribution in [0.3, 0.4) is 0 Å². The Morgan fingerprint density at radius 1 is 1.89 bits per heavy atom. The zero-order valence-corrected chi connectivity index (χ0v) is 5.55. The Bertz CT molecular complexity index is 126. The molecule has 2 amide bonds. The molecule has 1 aliphatic heterocycles. The van der Waals surface area contributed by atoms with Crippen LogP contribution < -0.4 is 5.32 Å². The minimum Gasteiger partial charge on any atom is -0.360 e. The maximum atomic E-state index is 10.7. The van der Waals surface area contributed by atoms with Gasteiger partial charge in [-0.15, -0.1) is 0 Å². The summed E-state index contributed by atoms with van der Waals surface area (Å²) in [5.74, 6) is 0. The molecule has 52 valence electrons. The van der Waals surface area contributed by atoms with Crippen molar-refractivity contribution in [3.63, 3.8) is 0 Å². The van der Waals surface area contributed by atoms with Gasteiger partial charge in [0.15, 0.2) is 0 Å². The van der Waals surface area contributed by atoms with Gasteiger partial charge in [-0.3, -0.25) is 0 Å². The molecule has 0 aliphatic carbocycles. The molecule has 0 aromatic carbocycles. The summed E-state index contributed by atoms with van der Waals surface area (Å²) < 4.78 is 4.88. The van der Waals surface area contributed by atoms with E-state index in [4.69, 9.17) is 4.74 Å². The molecule has 0 aromatic heterocycles. The third kappa shape index (κ3) is 1.13. The number of carbonyl (C=O) groups excluding carboxylic acids is 1. The summed E-state index contributed by atoms with van der Waals surface area (Å²) >= 11 is 0. The van der Waals surface area contributed by atoms with E-state index in [0.717, 1.165) is 0 Å². The van der Waals surface area contributed by atoms with Crippen molar-refractivity contribution in [2.45, 2.75) is 6.23 Å². The largest absolute Gasteiger partial charge is 0.360 e. The van der Waals surface area contributed by atoms with Crippen molar-refractivity contribution >= 4 is 6.03 Å². The summed E-state index contributed by atoms with van der Waals surface area (Å²) in [6.45, 7) is 0.634. The van der Waals surface area contributed by atoms with Crippen LogP contribution in [0, 0.1) is 0 Å². The highest BCUT2D eigenvalue weighted by atomic mass is 16.5. The second-order valence-electron chi connectivity index (χ2n) is 2.05. The first kappa shape index (κ1) is 6.35. The minimum atomic E-state index is -0.123. The van der Waals surface area contributed by atoms with Crippen LogP contribution in [0.1, 0.15) is 0 Å². The van der Waals surface area contributed by atoms with Crippen molar-refractivity contribution in [3.8, 4) is 0 Å². The number of hydrogen-bond acceptors (Lipinski definition) is 2. The van der Waals surface area contributed by atoms with Gasteiger partial charge < -0.3 is 15.0 Å². The average Bonchev–Trinajstić information content (AvgIpc) is 2.13. The Morgan fingerprint density at radius 2 is 2.56 bits per heavy atom. The van der Waals surface area contributed by atoms with E-state index in [1.807, 2.05) is 0 Å². The minimum absolute atomic E-state index is 0.0677. The lowest BCUT2D eigenvalue weighted by Gasteiger charge is -2.04. The summed E-state index contributed by atoms with van der Waals surface area (Å²) in [5, 5.41) is 2.62. The number of ether oxygens (including phenoxy) is 1. The molecule has 9 heavy (non-hydrogen) atoms. The molecule has 0 radical (unpaired) electrons. The molecule has 0 bridgehead atoms. The maximum absolute atomic E-state index is 10.7. The van der Waals surface area contributed by atoms with Crippen molar-refractivity contribution in [2.24, 2.45) is 0 Å². The fourth-order valence-corrected chi connectivity index (χ4v) is 0.759. The molecule has 1 saturated heterocycles. The first-order valence-electron chi connectivity index (χ1n) is 2.78. The summed E-state index contributed by atoms with van der Waals surface area (Å²) in [4.78, 5) is 12.3. The average molecular weight is 130 g/mol. The summed E-state index contributed by atoms with van der Waals surface area (Å²) in [7, 11) is 3.30. The second kappa shape index (κ2) is 2.23. The van der Waals surface area contributed by atoms with Gasteiger partial charge in [0, 0.05) is 14.2 Å². The van der Waals surface area contributed by atoms with Gasteiger partial charge in [0.2, 0.25) is 0 Å². The molecular weight excluding hydrogens is 120 g/mol. The molecule has 4 nitrogen and oxygen atoms in total. The van der Waals surface area contributed by atoms with Gasteiger partial charge in [-0.05, 0) is 0 Å². The third-order valence-corrected chi connectivity index (χ3v) is 1.36. The topological polar surface area (TPSA) is 41.6 Å². The van der Waals surface area contributed by atoms with Gasteiger partial charge in [0.25, 0.3) is 0 Å². The van der Waals surface area contributed by atoms with Crippen molar-refractivity contribution < 1.29 is 9.53 Å². The zero-order chi connectivity index (χ0) is 6.85. The number of carbonyl (C=O) groups is 1. The lowest BCUT2D eigenvalue weighted by atomic mass is 10.6. The molecule has 1 heterocycles. The molecule has 0 spiro atoms.